The number of aromatic nitrogens is 2. The zero-order chi connectivity index (χ0) is 29.7. The van der Waals surface area contributed by atoms with Gasteiger partial charge in [-0.1, -0.05) is 30.3 Å². The van der Waals surface area contributed by atoms with E-state index in [0.29, 0.717) is 16.8 Å². The van der Waals surface area contributed by atoms with Gasteiger partial charge in [0.25, 0.3) is 11.1 Å². The van der Waals surface area contributed by atoms with Crippen LogP contribution in [-0.2, 0) is 22.4 Å². The van der Waals surface area contributed by atoms with Crippen molar-refractivity contribution in [2.45, 2.75) is 17.5 Å². The molecule has 0 radical (unpaired) electrons. The number of fused-ring (bicyclic) bond motifs is 1. The number of halogens is 4. The second kappa shape index (κ2) is 10.3. The summed E-state index contributed by atoms with van der Waals surface area (Å²) in [5.41, 5.74) is -0.736. The minimum atomic E-state index is -4.86. The molecular weight excluding hydrogens is 583 g/mol. The maximum absolute atomic E-state index is 14.0. The van der Waals surface area contributed by atoms with Crippen LogP contribution >= 0.6 is 11.6 Å². The van der Waals surface area contributed by atoms with Gasteiger partial charge in [-0.3, -0.25) is 9.59 Å². The van der Waals surface area contributed by atoms with Crippen molar-refractivity contribution in [2.75, 3.05) is 24.8 Å². The molecule has 1 aliphatic heterocycles. The number of methoxy groups -OCH3 is 1. The summed E-state index contributed by atoms with van der Waals surface area (Å²) in [5, 5.41) is 2.76. The van der Waals surface area contributed by atoms with Crippen LogP contribution in [0.1, 0.15) is 32.1 Å². The van der Waals surface area contributed by atoms with Crippen LogP contribution in [0.3, 0.4) is 0 Å². The van der Waals surface area contributed by atoms with Gasteiger partial charge in [0.05, 0.1) is 23.3 Å². The van der Waals surface area contributed by atoms with Crippen molar-refractivity contribution < 1.29 is 35.9 Å². The number of hydrogen-bond acceptors (Lipinski definition) is 6. The first kappa shape index (κ1) is 28.4. The van der Waals surface area contributed by atoms with Crippen molar-refractivity contribution in [3.63, 3.8) is 0 Å². The van der Waals surface area contributed by atoms with E-state index in [2.05, 4.69) is 5.10 Å². The van der Waals surface area contributed by atoms with Crippen LogP contribution in [0.2, 0.25) is 0 Å². The predicted molar refractivity (Wildman–Crippen MR) is 146 cm³/mol. The lowest BCUT2D eigenvalue weighted by Gasteiger charge is -2.28. The van der Waals surface area contributed by atoms with E-state index in [9.17, 15) is 31.2 Å². The number of hydrogen-bond donors (Lipinski definition) is 0. The molecule has 8 nitrogen and oxygen atoms in total. The van der Waals surface area contributed by atoms with Crippen molar-refractivity contribution in [2.24, 2.45) is 0 Å². The number of ether oxygens (including phenoxy) is 1. The molecule has 3 aromatic carbocycles. The smallest absolute Gasteiger partial charge is 0.435 e. The monoisotopic (exact) mass is 603 g/mol. The van der Waals surface area contributed by atoms with E-state index in [1.807, 2.05) is 0 Å². The van der Waals surface area contributed by atoms with Crippen molar-refractivity contribution in [1.29, 1.82) is 0 Å². The molecule has 1 aromatic heterocycles. The summed E-state index contributed by atoms with van der Waals surface area (Å²) in [4.78, 5) is 27.4. The number of nitrogens with zero attached hydrogens (tertiary/aromatic N) is 3. The summed E-state index contributed by atoms with van der Waals surface area (Å²) in [5.74, 6) is -0.525. The number of carbonyl (C=O) groups excluding carboxylic acids is 2. The second-order valence-electron chi connectivity index (χ2n) is 9.26. The quantitative estimate of drug-likeness (QED) is 0.268. The third kappa shape index (κ3) is 5.20. The molecule has 0 bridgehead atoms. The lowest BCUT2D eigenvalue weighted by Crippen LogP contribution is -2.39. The molecule has 212 valence electrons. The SMILES string of the molecule is COc1ccc(-n2nc(C(F)(F)F)c3c2C(=O)N(c2ccc(-c4ccccc4S(C)(=O)=O)cc2)CC3)c(C(=O)Cl)c1. The fourth-order valence-electron chi connectivity index (χ4n) is 4.84. The number of rotatable bonds is 6. The average Bonchev–Trinajstić information content (AvgIpc) is 3.34. The zero-order valence-electron chi connectivity index (χ0n) is 21.6. The summed E-state index contributed by atoms with van der Waals surface area (Å²) >= 11 is 5.74. The molecule has 2 heterocycles. The molecule has 0 saturated carbocycles. The van der Waals surface area contributed by atoms with E-state index in [0.717, 1.165) is 10.9 Å². The fraction of sp³-hybridized carbons (Fsp3) is 0.179. The molecule has 41 heavy (non-hydrogen) atoms. The molecule has 0 atom stereocenters. The highest BCUT2D eigenvalue weighted by Gasteiger charge is 2.43. The highest BCUT2D eigenvalue weighted by molar-refractivity contribution is 7.90. The topological polar surface area (TPSA) is 98.6 Å². The molecule has 1 amide bonds. The van der Waals surface area contributed by atoms with Crippen LogP contribution in [0.15, 0.2) is 71.6 Å². The van der Waals surface area contributed by atoms with E-state index in [4.69, 9.17) is 16.3 Å². The van der Waals surface area contributed by atoms with Gasteiger partial charge < -0.3 is 9.64 Å². The van der Waals surface area contributed by atoms with Gasteiger partial charge >= 0.3 is 6.18 Å². The maximum Gasteiger partial charge on any atom is 0.435 e. The summed E-state index contributed by atoms with van der Waals surface area (Å²) < 4.78 is 72.4. The fourth-order valence-corrected chi connectivity index (χ4v) is 5.90. The third-order valence-corrected chi connectivity index (χ3v) is 8.06. The second-order valence-corrected chi connectivity index (χ2v) is 11.6. The van der Waals surface area contributed by atoms with Crippen molar-refractivity contribution in [3.8, 4) is 22.6 Å². The lowest BCUT2D eigenvalue weighted by molar-refractivity contribution is -0.141. The number of alkyl halides is 3. The third-order valence-electron chi connectivity index (χ3n) is 6.71. The standard InChI is InChI=1S/C28H21ClF3N3O5S/c1-40-18-11-12-22(21(15-18)26(29)36)35-24-20(25(33-35)28(30,31)32)13-14-34(27(24)37)17-9-7-16(8-10-17)19-5-3-4-6-23(19)41(2,38)39/h3-12,15H,13-14H2,1-2H3. The molecule has 0 fully saturated rings. The molecule has 0 saturated heterocycles. The van der Waals surface area contributed by atoms with Gasteiger partial charge in [-0.05, 0) is 60.0 Å². The van der Waals surface area contributed by atoms with Crippen LogP contribution in [0.4, 0.5) is 18.9 Å². The van der Waals surface area contributed by atoms with Gasteiger partial charge in [-0.2, -0.15) is 18.3 Å². The molecule has 0 spiro atoms. The molecular formula is C28H21ClF3N3O5S. The minimum absolute atomic E-state index is 0.0657. The Labute approximate surface area is 237 Å². The molecule has 0 unspecified atom stereocenters. The van der Waals surface area contributed by atoms with Crippen molar-refractivity contribution >= 4 is 38.3 Å². The van der Waals surface area contributed by atoms with Gasteiger partial charge in [0.1, 0.15) is 11.4 Å². The van der Waals surface area contributed by atoms with Gasteiger partial charge in [-0.15, -0.1) is 0 Å². The van der Waals surface area contributed by atoms with E-state index in [1.165, 1.54) is 36.3 Å². The Kier molecular flexibility index (Phi) is 7.16. The molecule has 5 rings (SSSR count). The number of sulfone groups is 1. The van der Waals surface area contributed by atoms with Crippen LogP contribution in [0.5, 0.6) is 5.75 Å². The normalized spacial score (nSPS) is 13.7. The summed E-state index contributed by atoms with van der Waals surface area (Å²) in [7, 11) is -2.17. The Morgan fingerprint density at radius 1 is 1.05 bits per heavy atom. The van der Waals surface area contributed by atoms with Gasteiger partial charge in [0.2, 0.25) is 0 Å². The molecule has 1 aliphatic rings. The van der Waals surface area contributed by atoms with E-state index in [1.54, 1.807) is 42.5 Å². The van der Waals surface area contributed by atoms with Gasteiger partial charge in [-0.25, -0.2) is 13.1 Å². The average molecular weight is 604 g/mol. The Morgan fingerprint density at radius 2 is 1.73 bits per heavy atom. The van der Waals surface area contributed by atoms with E-state index >= 15 is 0 Å². The van der Waals surface area contributed by atoms with Crippen molar-refractivity contribution in [1.82, 2.24) is 9.78 Å². The van der Waals surface area contributed by atoms with E-state index in [-0.39, 0.29) is 46.1 Å². The molecule has 0 N–H and O–H groups in total. The number of carbonyl (C=O) groups is 2. The Bertz CT molecular complexity index is 1800. The first-order chi connectivity index (χ1) is 19.3. The summed E-state index contributed by atoms with van der Waals surface area (Å²) in [6.07, 6.45) is -3.91. The van der Waals surface area contributed by atoms with E-state index < -0.39 is 32.9 Å². The molecule has 13 heteroatoms. The first-order valence-electron chi connectivity index (χ1n) is 12.1. The number of benzene rings is 3. The van der Waals surface area contributed by atoms with Gasteiger partial charge in [0.15, 0.2) is 15.5 Å². The Hall–Kier alpha value is -4.16. The van der Waals surface area contributed by atoms with Gasteiger partial charge in [0, 0.05) is 29.6 Å². The highest BCUT2D eigenvalue weighted by atomic mass is 35.5. The highest BCUT2D eigenvalue weighted by Crippen LogP contribution is 2.38. The van der Waals surface area contributed by atoms with Crippen molar-refractivity contribution in [3.05, 3.63) is 89.2 Å². The van der Waals surface area contributed by atoms with Crippen LogP contribution in [-0.4, -0.2) is 49.3 Å². The predicted octanol–water partition coefficient (Wildman–Crippen LogP) is 5.55. The summed E-state index contributed by atoms with van der Waals surface area (Å²) in [6, 6.07) is 16.9. The number of amides is 1. The zero-order valence-corrected chi connectivity index (χ0v) is 23.1. The maximum atomic E-state index is 14.0. The first-order valence-corrected chi connectivity index (χ1v) is 14.4. The largest absolute Gasteiger partial charge is 0.497 e. The summed E-state index contributed by atoms with van der Waals surface area (Å²) in [6.45, 7) is -0.0657. The Balaban J connectivity index is 1.60. The van der Waals surface area contributed by atoms with Crippen LogP contribution in [0, 0.1) is 0 Å². The molecule has 0 aliphatic carbocycles. The number of anilines is 1. The Morgan fingerprint density at radius 3 is 2.34 bits per heavy atom. The minimum Gasteiger partial charge on any atom is -0.497 e. The van der Waals surface area contributed by atoms with Crippen LogP contribution < -0.4 is 9.64 Å². The lowest BCUT2D eigenvalue weighted by atomic mass is 10.0. The van der Waals surface area contributed by atoms with Crippen LogP contribution in [0.25, 0.3) is 16.8 Å². The molecule has 4 aromatic rings.